The Kier molecular flexibility index (Phi) is 6.93. The van der Waals surface area contributed by atoms with Crippen molar-refractivity contribution in [2.75, 3.05) is 13.1 Å². The molecule has 19 heavy (non-hydrogen) atoms. The van der Waals surface area contributed by atoms with Crippen molar-refractivity contribution in [2.45, 2.75) is 59.5 Å². The lowest BCUT2D eigenvalue weighted by molar-refractivity contribution is 0.217. The van der Waals surface area contributed by atoms with E-state index in [0.717, 1.165) is 18.8 Å². The van der Waals surface area contributed by atoms with Gasteiger partial charge in [-0.3, -0.25) is 0 Å². The van der Waals surface area contributed by atoms with Crippen LogP contribution in [0.15, 0.2) is 18.2 Å². The Hall–Kier alpha value is -1.02. The third kappa shape index (κ3) is 6.11. The predicted octanol–water partition coefficient (Wildman–Crippen LogP) is 4.28. The highest BCUT2D eigenvalue weighted by Crippen LogP contribution is 2.23. The van der Waals surface area contributed by atoms with Crippen LogP contribution in [-0.4, -0.2) is 19.2 Å². The number of unbranched alkanes of at least 4 members (excludes halogenated alkanes) is 1. The van der Waals surface area contributed by atoms with Crippen molar-refractivity contribution in [3.05, 3.63) is 29.3 Å². The average molecular weight is 263 g/mol. The molecular weight excluding hydrogens is 234 g/mol. The lowest BCUT2D eigenvalue weighted by Gasteiger charge is -2.17. The standard InChI is InChI=1S/C17H29NO/c1-6-7-8-18-12-15(5)19-17-10-14(4)9-16(11-17)13(2)3/h9-11,13,15,18H,6-8,12H2,1-5H3. The van der Waals surface area contributed by atoms with Crippen molar-refractivity contribution >= 4 is 0 Å². The van der Waals surface area contributed by atoms with E-state index in [9.17, 15) is 0 Å². The number of hydrogen-bond donors (Lipinski definition) is 1. The summed E-state index contributed by atoms with van der Waals surface area (Å²) in [6, 6.07) is 6.52. The number of benzene rings is 1. The molecule has 2 heteroatoms. The smallest absolute Gasteiger partial charge is 0.120 e. The molecule has 0 aliphatic rings. The second-order valence-corrected chi connectivity index (χ2v) is 5.72. The summed E-state index contributed by atoms with van der Waals surface area (Å²) in [4.78, 5) is 0. The van der Waals surface area contributed by atoms with Crippen LogP contribution < -0.4 is 10.1 Å². The summed E-state index contributed by atoms with van der Waals surface area (Å²) >= 11 is 0. The maximum atomic E-state index is 6.00. The lowest BCUT2D eigenvalue weighted by atomic mass is 10.0. The van der Waals surface area contributed by atoms with E-state index in [4.69, 9.17) is 4.74 Å². The fraction of sp³-hybridized carbons (Fsp3) is 0.647. The minimum Gasteiger partial charge on any atom is -0.489 e. The van der Waals surface area contributed by atoms with E-state index in [1.165, 1.54) is 24.0 Å². The first-order valence-corrected chi connectivity index (χ1v) is 7.52. The molecule has 0 aliphatic carbocycles. The molecule has 0 spiro atoms. The Morgan fingerprint density at radius 2 is 1.89 bits per heavy atom. The second kappa shape index (κ2) is 8.21. The number of nitrogens with one attached hydrogen (secondary N) is 1. The Labute approximate surface area is 118 Å². The van der Waals surface area contributed by atoms with E-state index in [-0.39, 0.29) is 6.10 Å². The van der Waals surface area contributed by atoms with Gasteiger partial charge in [-0.2, -0.15) is 0 Å². The van der Waals surface area contributed by atoms with Crippen molar-refractivity contribution in [1.82, 2.24) is 5.32 Å². The zero-order valence-electron chi connectivity index (χ0n) is 13.1. The molecule has 0 saturated carbocycles. The van der Waals surface area contributed by atoms with E-state index in [1.807, 2.05) is 0 Å². The van der Waals surface area contributed by atoms with Crippen LogP contribution >= 0.6 is 0 Å². The van der Waals surface area contributed by atoms with E-state index < -0.39 is 0 Å². The van der Waals surface area contributed by atoms with Gasteiger partial charge in [0.25, 0.3) is 0 Å². The van der Waals surface area contributed by atoms with E-state index >= 15 is 0 Å². The van der Waals surface area contributed by atoms with Crippen LogP contribution in [0.25, 0.3) is 0 Å². The van der Waals surface area contributed by atoms with Gasteiger partial charge in [0.2, 0.25) is 0 Å². The van der Waals surface area contributed by atoms with Gasteiger partial charge in [-0.1, -0.05) is 33.3 Å². The Bertz CT molecular complexity index is 374. The zero-order chi connectivity index (χ0) is 14.3. The van der Waals surface area contributed by atoms with Gasteiger partial charge < -0.3 is 10.1 Å². The molecule has 0 heterocycles. The third-order valence-corrected chi connectivity index (χ3v) is 3.22. The molecule has 2 nitrogen and oxygen atoms in total. The molecule has 0 fully saturated rings. The number of ether oxygens (including phenoxy) is 1. The van der Waals surface area contributed by atoms with Crippen molar-refractivity contribution in [3.63, 3.8) is 0 Å². The van der Waals surface area contributed by atoms with Crippen LogP contribution in [0.5, 0.6) is 5.75 Å². The minimum absolute atomic E-state index is 0.207. The monoisotopic (exact) mass is 263 g/mol. The summed E-state index contributed by atoms with van der Waals surface area (Å²) in [7, 11) is 0. The van der Waals surface area contributed by atoms with Gasteiger partial charge in [-0.25, -0.2) is 0 Å². The molecule has 108 valence electrons. The topological polar surface area (TPSA) is 21.3 Å². The van der Waals surface area contributed by atoms with Gasteiger partial charge in [0.05, 0.1) is 0 Å². The highest BCUT2D eigenvalue weighted by atomic mass is 16.5. The highest BCUT2D eigenvalue weighted by molar-refractivity contribution is 5.35. The summed E-state index contributed by atoms with van der Waals surface area (Å²) in [5.74, 6) is 1.54. The van der Waals surface area contributed by atoms with Gasteiger partial charge in [0.1, 0.15) is 11.9 Å². The third-order valence-electron chi connectivity index (χ3n) is 3.22. The van der Waals surface area contributed by atoms with Gasteiger partial charge in [-0.15, -0.1) is 0 Å². The van der Waals surface area contributed by atoms with Crippen molar-refractivity contribution < 1.29 is 4.74 Å². The van der Waals surface area contributed by atoms with E-state index in [0.29, 0.717) is 5.92 Å². The zero-order valence-corrected chi connectivity index (χ0v) is 13.1. The van der Waals surface area contributed by atoms with Gasteiger partial charge in [0.15, 0.2) is 0 Å². The maximum Gasteiger partial charge on any atom is 0.120 e. The number of rotatable bonds is 8. The molecule has 0 saturated heterocycles. The molecule has 1 unspecified atom stereocenters. The second-order valence-electron chi connectivity index (χ2n) is 5.72. The number of aryl methyl sites for hydroxylation is 1. The van der Waals surface area contributed by atoms with Crippen LogP contribution in [0.4, 0.5) is 0 Å². The van der Waals surface area contributed by atoms with E-state index in [2.05, 4.69) is 58.1 Å². The molecule has 1 rings (SSSR count). The van der Waals surface area contributed by atoms with Crippen molar-refractivity contribution in [1.29, 1.82) is 0 Å². The first-order valence-electron chi connectivity index (χ1n) is 7.52. The molecule has 1 aromatic carbocycles. The van der Waals surface area contributed by atoms with Crippen LogP contribution in [-0.2, 0) is 0 Å². The largest absolute Gasteiger partial charge is 0.489 e. The first-order chi connectivity index (χ1) is 9.02. The molecule has 1 atom stereocenters. The fourth-order valence-electron chi connectivity index (χ4n) is 2.06. The van der Waals surface area contributed by atoms with Crippen molar-refractivity contribution in [3.8, 4) is 5.75 Å². The summed E-state index contributed by atoms with van der Waals surface area (Å²) in [5, 5.41) is 3.43. The normalized spacial score (nSPS) is 12.7. The molecular formula is C17H29NO. The Morgan fingerprint density at radius 3 is 2.53 bits per heavy atom. The quantitative estimate of drug-likeness (QED) is 0.707. The lowest BCUT2D eigenvalue weighted by Crippen LogP contribution is -2.29. The van der Waals surface area contributed by atoms with Crippen LogP contribution in [0.3, 0.4) is 0 Å². The van der Waals surface area contributed by atoms with Gasteiger partial charge in [-0.05, 0) is 56.0 Å². The molecule has 1 aromatic rings. The summed E-state index contributed by atoms with van der Waals surface area (Å²) in [5.41, 5.74) is 2.62. The minimum atomic E-state index is 0.207. The molecule has 0 aliphatic heterocycles. The number of hydrogen-bond acceptors (Lipinski definition) is 2. The first kappa shape index (κ1) is 16.0. The van der Waals surface area contributed by atoms with Crippen LogP contribution in [0.1, 0.15) is 57.6 Å². The summed E-state index contributed by atoms with van der Waals surface area (Å²) in [6.45, 7) is 12.9. The SMILES string of the molecule is CCCCNCC(C)Oc1cc(C)cc(C(C)C)c1. The average Bonchev–Trinajstić information content (AvgIpc) is 2.34. The molecule has 0 amide bonds. The maximum absolute atomic E-state index is 6.00. The van der Waals surface area contributed by atoms with Crippen LogP contribution in [0, 0.1) is 6.92 Å². The van der Waals surface area contributed by atoms with E-state index in [1.54, 1.807) is 0 Å². The predicted molar refractivity (Wildman–Crippen MR) is 83.1 cm³/mol. The molecule has 0 bridgehead atoms. The highest BCUT2D eigenvalue weighted by Gasteiger charge is 2.07. The summed E-state index contributed by atoms with van der Waals surface area (Å²) < 4.78 is 6.00. The molecule has 0 radical (unpaired) electrons. The van der Waals surface area contributed by atoms with Gasteiger partial charge in [0, 0.05) is 6.54 Å². The van der Waals surface area contributed by atoms with Crippen molar-refractivity contribution in [2.24, 2.45) is 0 Å². The molecule has 1 N–H and O–H groups in total. The Morgan fingerprint density at radius 1 is 1.16 bits per heavy atom. The van der Waals surface area contributed by atoms with Crippen LogP contribution in [0.2, 0.25) is 0 Å². The van der Waals surface area contributed by atoms with Gasteiger partial charge >= 0.3 is 0 Å². The summed E-state index contributed by atoms with van der Waals surface area (Å²) in [6.07, 6.45) is 2.67. The molecule has 0 aromatic heterocycles. The Balaban J connectivity index is 2.51. The fourth-order valence-corrected chi connectivity index (χ4v) is 2.06.